The molecule has 6 aromatic rings. The Bertz CT molecular complexity index is 1690. The molecule has 0 N–H and O–H groups in total. The summed E-state index contributed by atoms with van der Waals surface area (Å²) in [5.41, 5.74) is 15.4. The fraction of sp³-hybridized carbons (Fsp3) is 0. The van der Waals surface area contributed by atoms with Gasteiger partial charge in [0.2, 0.25) is 0 Å². The zero-order valence-electron chi connectivity index (χ0n) is 20.9. The van der Waals surface area contributed by atoms with Crippen LogP contribution in [0.1, 0.15) is 0 Å². The summed E-state index contributed by atoms with van der Waals surface area (Å²) in [6.45, 7) is 0.0807. The Morgan fingerprint density at radius 1 is 0.342 bits per heavy atom. The monoisotopic (exact) mass is 481 g/mol. The Morgan fingerprint density at radius 3 is 1.24 bits per heavy atom. The minimum absolute atomic E-state index is 0.0807. The van der Waals surface area contributed by atoms with Crippen LogP contribution in [0.2, 0.25) is 0 Å². The summed E-state index contributed by atoms with van der Waals surface area (Å²) in [6.07, 6.45) is 0. The molecule has 1 nitrogen and oxygen atoms in total. The van der Waals surface area contributed by atoms with Crippen LogP contribution in [0.4, 0.5) is 11.4 Å². The molecule has 2 aliphatic rings. The fourth-order valence-corrected chi connectivity index (χ4v) is 6.37. The first-order valence-corrected chi connectivity index (χ1v) is 13.2. The Kier molecular flexibility index (Phi) is 4.68. The minimum atomic E-state index is 0.0807. The maximum absolute atomic E-state index is 2.57. The second-order valence-electron chi connectivity index (χ2n) is 10.1. The van der Waals surface area contributed by atoms with E-state index in [1.807, 2.05) is 0 Å². The van der Waals surface area contributed by atoms with Gasteiger partial charge in [-0.15, -0.1) is 0 Å². The maximum Gasteiger partial charge on any atom is 0.329 e. The van der Waals surface area contributed by atoms with Crippen molar-refractivity contribution in [2.75, 3.05) is 4.81 Å². The number of fused-ring (bicyclic) bond motifs is 11. The Balaban J connectivity index is 1.44. The van der Waals surface area contributed by atoms with Gasteiger partial charge < -0.3 is 4.81 Å². The van der Waals surface area contributed by atoms with E-state index in [9.17, 15) is 0 Å². The van der Waals surface area contributed by atoms with E-state index in [1.165, 1.54) is 66.8 Å². The van der Waals surface area contributed by atoms with E-state index in [1.54, 1.807) is 0 Å². The second kappa shape index (κ2) is 8.36. The van der Waals surface area contributed by atoms with Gasteiger partial charge in [-0.25, -0.2) is 0 Å². The lowest BCUT2D eigenvalue weighted by molar-refractivity contribution is 1.35. The zero-order valence-corrected chi connectivity index (χ0v) is 20.9. The highest BCUT2D eigenvalue weighted by atomic mass is 15.1. The number of hydrogen-bond donors (Lipinski definition) is 0. The van der Waals surface area contributed by atoms with Gasteiger partial charge in [0.15, 0.2) is 0 Å². The molecule has 0 unspecified atom stereocenters. The van der Waals surface area contributed by atoms with Gasteiger partial charge in [-0.3, -0.25) is 0 Å². The van der Waals surface area contributed by atoms with Gasteiger partial charge in [-0.05, 0) is 56.4 Å². The van der Waals surface area contributed by atoms with Crippen molar-refractivity contribution in [3.05, 3.63) is 146 Å². The van der Waals surface area contributed by atoms with Gasteiger partial charge in [0.1, 0.15) is 0 Å². The predicted molar refractivity (Wildman–Crippen MR) is 162 cm³/mol. The lowest BCUT2D eigenvalue weighted by atomic mass is 9.43. The predicted octanol–water partition coefficient (Wildman–Crippen LogP) is 7.93. The highest BCUT2D eigenvalue weighted by molar-refractivity contribution is 6.92. The van der Waals surface area contributed by atoms with Crippen molar-refractivity contribution in [3.63, 3.8) is 0 Å². The largest absolute Gasteiger partial charge is 0.376 e. The van der Waals surface area contributed by atoms with Crippen molar-refractivity contribution in [3.8, 4) is 44.5 Å². The molecular weight excluding hydrogens is 457 g/mol. The van der Waals surface area contributed by atoms with Crippen LogP contribution in [0.5, 0.6) is 0 Å². The normalized spacial score (nSPS) is 12.6. The smallest absolute Gasteiger partial charge is 0.329 e. The van der Waals surface area contributed by atoms with Crippen molar-refractivity contribution in [2.45, 2.75) is 0 Å². The molecule has 2 heteroatoms. The third-order valence-electron chi connectivity index (χ3n) is 8.07. The summed E-state index contributed by atoms with van der Waals surface area (Å²) in [6, 6.07) is 53.2. The van der Waals surface area contributed by atoms with Gasteiger partial charge in [-0.1, -0.05) is 133 Å². The summed E-state index contributed by atoms with van der Waals surface area (Å²) < 4.78 is 0. The standard InChI is InChI=1S/C36H24BN/c1-3-11-25(12-4-1)27-19-21-29-31-15-7-9-17-35(31)38-36-18-10-8-16-32(36)30-22-20-28(26-13-5-2-6-14-26)24-34(30)37(38)33(29)23-27/h1-24H. The Hall–Kier alpha value is -4.82. The molecule has 176 valence electrons. The first-order valence-electron chi connectivity index (χ1n) is 13.2. The number of hydrogen-bond acceptors (Lipinski definition) is 1. The molecule has 8 rings (SSSR count). The van der Waals surface area contributed by atoms with Crippen molar-refractivity contribution in [1.82, 2.24) is 0 Å². The molecule has 0 bridgehead atoms. The van der Waals surface area contributed by atoms with E-state index >= 15 is 0 Å². The summed E-state index contributed by atoms with van der Waals surface area (Å²) in [4.78, 5) is 2.57. The van der Waals surface area contributed by atoms with Gasteiger partial charge in [0.05, 0.1) is 0 Å². The summed E-state index contributed by atoms with van der Waals surface area (Å²) in [5.74, 6) is 0. The van der Waals surface area contributed by atoms with Gasteiger partial charge in [0, 0.05) is 22.5 Å². The third kappa shape index (κ3) is 3.14. The van der Waals surface area contributed by atoms with Gasteiger partial charge in [-0.2, -0.15) is 0 Å². The number of nitrogens with zero attached hydrogens (tertiary/aromatic N) is 1. The topological polar surface area (TPSA) is 3.24 Å². The molecule has 2 heterocycles. The van der Waals surface area contributed by atoms with Crippen LogP contribution in [0, 0.1) is 0 Å². The van der Waals surface area contributed by atoms with E-state index in [0.717, 1.165) is 0 Å². The van der Waals surface area contributed by atoms with E-state index in [2.05, 4.69) is 150 Å². The number of benzene rings is 6. The van der Waals surface area contributed by atoms with Crippen LogP contribution < -0.4 is 15.7 Å². The van der Waals surface area contributed by atoms with Gasteiger partial charge >= 0.3 is 6.85 Å². The molecule has 2 aliphatic heterocycles. The maximum atomic E-state index is 2.57. The molecule has 38 heavy (non-hydrogen) atoms. The fourth-order valence-electron chi connectivity index (χ4n) is 6.37. The molecule has 0 fully saturated rings. The number of rotatable bonds is 2. The van der Waals surface area contributed by atoms with Crippen LogP contribution in [0.25, 0.3) is 44.5 Å². The lowest BCUT2D eigenvalue weighted by Gasteiger charge is -2.43. The average Bonchev–Trinajstić information content (AvgIpc) is 3.01. The van der Waals surface area contributed by atoms with E-state index < -0.39 is 0 Å². The number of anilines is 2. The average molecular weight is 481 g/mol. The molecule has 0 saturated carbocycles. The van der Waals surface area contributed by atoms with Crippen LogP contribution in [-0.2, 0) is 0 Å². The van der Waals surface area contributed by atoms with Crippen LogP contribution in [0.3, 0.4) is 0 Å². The van der Waals surface area contributed by atoms with E-state index in [0.29, 0.717) is 0 Å². The summed E-state index contributed by atoms with van der Waals surface area (Å²) >= 11 is 0. The quantitative estimate of drug-likeness (QED) is 0.227. The van der Waals surface area contributed by atoms with Gasteiger partial charge in [0.25, 0.3) is 0 Å². The molecule has 0 radical (unpaired) electrons. The molecule has 0 amide bonds. The van der Waals surface area contributed by atoms with Crippen LogP contribution in [-0.4, -0.2) is 6.85 Å². The summed E-state index contributed by atoms with van der Waals surface area (Å²) in [5, 5.41) is 0. The van der Waals surface area contributed by atoms with Crippen molar-refractivity contribution in [1.29, 1.82) is 0 Å². The van der Waals surface area contributed by atoms with Crippen LogP contribution in [0.15, 0.2) is 146 Å². The molecule has 6 aromatic carbocycles. The first-order chi connectivity index (χ1) is 18.9. The zero-order chi connectivity index (χ0) is 25.1. The summed E-state index contributed by atoms with van der Waals surface area (Å²) in [7, 11) is 0. The third-order valence-corrected chi connectivity index (χ3v) is 8.07. The molecule has 0 aliphatic carbocycles. The minimum Gasteiger partial charge on any atom is -0.376 e. The molecular formula is C36H24BN. The highest BCUT2D eigenvalue weighted by Crippen LogP contribution is 2.46. The Morgan fingerprint density at radius 2 is 0.763 bits per heavy atom. The molecule has 0 aromatic heterocycles. The van der Waals surface area contributed by atoms with E-state index in [4.69, 9.17) is 0 Å². The highest BCUT2D eigenvalue weighted by Gasteiger charge is 2.42. The SMILES string of the molecule is c1ccc(-c2ccc3c(c2)B2c4cc(-c5ccccc5)ccc4-c4ccccc4N2c2ccccc2-3)cc1. The second-order valence-corrected chi connectivity index (χ2v) is 10.1. The molecule has 0 saturated heterocycles. The van der Waals surface area contributed by atoms with E-state index in [-0.39, 0.29) is 6.85 Å². The van der Waals surface area contributed by atoms with Crippen LogP contribution >= 0.6 is 0 Å². The number of para-hydroxylation sites is 2. The molecule has 0 atom stereocenters. The molecule has 0 spiro atoms. The van der Waals surface area contributed by atoms with Crippen molar-refractivity contribution in [2.24, 2.45) is 0 Å². The lowest BCUT2D eigenvalue weighted by Crippen LogP contribution is -2.59. The van der Waals surface area contributed by atoms with Crippen molar-refractivity contribution >= 4 is 29.1 Å². The first kappa shape index (κ1) is 21.3. The van der Waals surface area contributed by atoms with Crippen molar-refractivity contribution < 1.29 is 0 Å². The Labute approximate surface area is 223 Å².